The first-order chi connectivity index (χ1) is 14.5. The van der Waals surface area contributed by atoms with E-state index < -0.39 is 11.9 Å². The first-order valence-electron chi connectivity index (χ1n) is 10.0. The maximum Gasteiger partial charge on any atom is 0.316 e. The number of imide groups is 1. The van der Waals surface area contributed by atoms with Gasteiger partial charge in [-0.05, 0) is 36.2 Å². The third-order valence-electron chi connectivity index (χ3n) is 5.46. The van der Waals surface area contributed by atoms with Gasteiger partial charge in [0.15, 0.2) is 0 Å². The van der Waals surface area contributed by atoms with Crippen molar-refractivity contribution in [1.82, 2.24) is 0 Å². The van der Waals surface area contributed by atoms with Crippen molar-refractivity contribution < 1.29 is 23.9 Å². The highest BCUT2D eigenvalue weighted by molar-refractivity contribution is 6.19. The van der Waals surface area contributed by atoms with Crippen LogP contribution in [0.25, 0.3) is 0 Å². The first kappa shape index (κ1) is 19.8. The summed E-state index contributed by atoms with van der Waals surface area (Å²) in [6.07, 6.45) is 1.36. The zero-order valence-corrected chi connectivity index (χ0v) is 16.7. The predicted molar refractivity (Wildman–Crippen MR) is 110 cm³/mol. The number of hydrogen-bond donors (Lipinski definition) is 0. The van der Waals surface area contributed by atoms with Gasteiger partial charge in [0.25, 0.3) is 0 Å². The SMILES string of the molecule is CCc1ccc(N2CC(C(=O)Oc3cccc(N4C(=O)CCC4=O)c3)CC2=O)cc1. The molecule has 0 saturated carbocycles. The highest BCUT2D eigenvalue weighted by Gasteiger charge is 2.36. The lowest BCUT2D eigenvalue weighted by Gasteiger charge is -2.17. The fraction of sp³-hybridized carbons (Fsp3) is 0.304. The zero-order valence-electron chi connectivity index (χ0n) is 16.7. The van der Waals surface area contributed by atoms with E-state index in [-0.39, 0.29) is 49.3 Å². The topological polar surface area (TPSA) is 84.0 Å². The van der Waals surface area contributed by atoms with Gasteiger partial charge in [-0.1, -0.05) is 25.1 Å². The molecule has 4 rings (SSSR count). The maximum atomic E-state index is 12.7. The van der Waals surface area contributed by atoms with Crippen LogP contribution >= 0.6 is 0 Å². The van der Waals surface area contributed by atoms with Crippen molar-refractivity contribution in [2.45, 2.75) is 32.6 Å². The molecule has 3 amide bonds. The fourth-order valence-corrected chi connectivity index (χ4v) is 3.78. The lowest BCUT2D eigenvalue weighted by atomic mass is 10.1. The molecule has 30 heavy (non-hydrogen) atoms. The van der Waals surface area contributed by atoms with Gasteiger partial charge in [-0.2, -0.15) is 0 Å². The van der Waals surface area contributed by atoms with Crippen LogP contribution in [0.3, 0.4) is 0 Å². The number of anilines is 2. The van der Waals surface area contributed by atoms with Crippen molar-refractivity contribution in [2.75, 3.05) is 16.3 Å². The van der Waals surface area contributed by atoms with Crippen LogP contribution in [0.4, 0.5) is 11.4 Å². The number of rotatable bonds is 5. The molecule has 0 spiro atoms. The molecule has 1 unspecified atom stereocenters. The van der Waals surface area contributed by atoms with E-state index in [1.165, 1.54) is 11.6 Å². The van der Waals surface area contributed by atoms with E-state index in [1.54, 1.807) is 23.1 Å². The number of hydrogen-bond acceptors (Lipinski definition) is 5. The van der Waals surface area contributed by atoms with Crippen LogP contribution in [0.5, 0.6) is 5.75 Å². The second-order valence-corrected chi connectivity index (χ2v) is 7.47. The third kappa shape index (κ3) is 3.83. The molecule has 7 heteroatoms. The van der Waals surface area contributed by atoms with Crippen LogP contribution in [0, 0.1) is 5.92 Å². The quantitative estimate of drug-likeness (QED) is 0.433. The van der Waals surface area contributed by atoms with Gasteiger partial charge in [0, 0.05) is 37.6 Å². The Hall–Kier alpha value is -3.48. The number of amides is 3. The van der Waals surface area contributed by atoms with E-state index >= 15 is 0 Å². The lowest BCUT2D eigenvalue weighted by Crippen LogP contribution is -2.29. The molecular formula is C23H22N2O5. The number of nitrogens with zero attached hydrogens (tertiary/aromatic N) is 2. The minimum absolute atomic E-state index is 0.0805. The molecule has 2 saturated heterocycles. The Bertz CT molecular complexity index is 999. The van der Waals surface area contributed by atoms with Gasteiger partial charge < -0.3 is 9.64 Å². The summed E-state index contributed by atoms with van der Waals surface area (Å²) in [6, 6.07) is 14.1. The minimum atomic E-state index is -0.581. The maximum absolute atomic E-state index is 12.7. The zero-order chi connectivity index (χ0) is 21.3. The van der Waals surface area contributed by atoms with Gasteiger partial charge in [-0.3, -0.25) is 24.1 Å². The smallest absolute Gasteiger partial charge is 0.316 e. The molecular weight excluding hydrogens is 384 g/mol. The Labute approximate surface area is 174 Å². The average molecular weight is 406 g/mol. The second kappa shape index (κ2) is 8.10. The van der Waals surface area contributed by atoms with Gasteiger partial charge in [0.05, 0.1) is 11.6 Å². The molecule has 0 aromatic heterocycles. The Morgan fingerprint density at radius 2 is 1.67 bits per heavy atom. The van der Waals surface area contributed by atoms with Gasteiger partial charge in [-0.25, -0.2) is 0 Å². The van der Waals surface area contributed by atoms with Crippen LogP contribution in [-0.2, 0) is 25.6 Å². The van der Waals surface area contributed by atoms with Crippen molar-refractivity contribution >= 4 is 35.1 Å². The average Bonchev–Trinajstić information content (AvgIpc) is 3.30. The molecule has 7 nitrogen and oxygen atoms in total. The Kier molecular flexibility index (Phi) is 5.35. The standard InChI is InChI=1S/C23H22N2O5/c1-2-15-6-8-17(9-7-15)24-14-16(12-22(24)28)23(29)30-19-5-3-4-18(13-19)25-20(26)10-11-21(25)27/h3-9,13,16H,2,10-12,14H2,1H3. The molecule has 0 radical (unpaired) electrons. The molecule has 2 aromatic rings. The number of aryl methyl sites for hydroxylation is 1. The molecule has 2 heterocycles. The van der Waals surface area contributed by atoms with Crippen LogP contribution in [0.15, 0.2) is 48.5 Å². The number of carbonyl (C=O) groups excluding carboxylic acids is 4. The van der Waals surface area contributed by atoms with Gasteiger partial charge >= 0.3 is 5.97 Å². The first-order valence-corrected chi connectivity index (χ1v) is 10.0. The van der Waals surface area contributed by atoms with Crippen LogP contribution in [0.1, 0.15) is 31.7 Å². The van der Waals surface area contributed by atoms with E-state index in [0.717, 1.165) is 17.0 Å². The number of ether oxygens (including phenoxy) is 1. The summed E-state index contributed by atoms with van der Waals surface area (Å²) in [6.45, 7) is 2.32. The molecule has 0 aliphatic carbocycles. The van der Waals surface area contributed by atoms with Crippen LogP contribution in [-0.4, -0.2) is 30.2 Å². The molecule has 154 valence electrons. The molecule has 2 aliphatic heterocycles. The molecule has 2 fully saturated rings. The lowest BCUT2D eigenvalue weighted by molar-refractivity contribution is -0.139. The Balaban J connectivity index is 1.44. The summed E-state index contributed by atoms with van der Waals surface area (Å²) in [7, 11) is 0. The number of benzene rings is 2. The number of carbonyl (C=O) groups is 4. The van der Waals surface area contributed by atoms with Crippen molar-refractivity contribution in [3.8, 4) is 5.75 Å². The van der Waals surface area contributed by atoms with E-state index in [2.05, 4.69) is 6.92 Å². The van der Waals surface area contributed by atoms with Crippen LogP contribution < -0.4 is 14.5 Å². The fourth-order valence-electron chi connectivity index (χ4n) is 3.78. The summed E-state index contributed by atoms with van der Waals surface area (Å²) < 4.78 is 5.47. The predicted octanol–water partition coefficient (Wildman–Crippen LogP) is 2.86. The summed E-state index contributed by atoms with van der Waals surface area (Å²) in [5, 5.41) is 0. The highest BCUT2D eigenvalue weighted by atomic mass is 16.5. The van der Waals surface area contributed by atoms with Crippen LogP contribution in [0.2, 0.25) is 0 Å². The summed E-state index contributed by atoms with van der Waals surface area (Å²) in [4.78, 5) is 51.7. The van der Waals surface area contributed by atoms with E-state index in [4.69, 9.17) is 4.74 Å². The second-order valence-electron chi connectivity index (χ2n) is 7.47. The van der Waals surface area contributed by atoms with Gasteiger partial charge in [0.2, 0.25) is 17.7 Å². The third-order valence-corrected chi connectivity index (χ3v) is 5.46. The Morgan fingerprint density at radius 1 is 0.967 bits per heavy atom. The molecule has 2 aromatic carbocycles. The van der Waals surface area contributed by atoms with Crippen molar-refractivity contribution in [2.24, 2.45) is 5.92 Å². The summed E-state index contributed by atoms with van der Waals surface area (Å²) in [5.41, 5.74) is 2.32. The van der Waals surface area contributed by atoms with E-state index in [1.807, 2.05) is 24.3 Å². The normalized spacial score (nSPS) is 19.0. The molecule has 1 atom stereocenters. The summed E-state index contributed by atoms with van der Waals surface area (Å²) in [5.74, 6) is -1.51. The van der Waals surface area contributed by atoms with Crippen molar-refractivity contribution in [1.29, 1.82) is 0 Å². The molecule has 0 bridgehead atoms. The monoisotopic (exact) mass is 406 g/mol. The largest absolute Gasteiger partial charge is 0.426 e. The van der Waals surface area contributed by atoms with Crippen molar-refractivity contribution in [3.05, 3.63) is 54.1 Å². The highest BCUT2D eigenvalue weighted by Crippen LogP contribution is 2.29. The van der Waals surface area contributed by atoms with Gasteiger partial charge in [-0.15, -0.1) is 0 Å². The van der Waals surface area contributed by atoms with Crippen molar-refractivity contribution in [3.63, 3.8) is 0 Å². The minimum Gasteiger partial charge on any atom is -0.426 e. The molecule has 2 aliphatic rings. The number of esters is 1. The van der Waals surface area contributed by atoms with E-state index in [0.29, 0.717) is 5.69 Å². The Morgan fingerprint density at radius 3 is 2.33 bits per heavy atom. The molecule has 0 N–H and O–H groups in total. The van der Waals surface area contributed by atoms with Gasteiger partial charge in [0.1, 0.15) is 5.75 Å². The summed E-state index contributed by atoms with van der Waals surface area (Å²) >= 11 is 0. The van der Waals surface area contributed by atoms with E-state index in [9.17, 15) is 19.2 Å².